The van der Waals surface area contributed by atoms with Gasteiger partial charge in [0.25, 0.3) is 5.24 Å². The molecule has 0 unspecified atom stereocenters. The number of hydrogen-bond donors (Lipinski definition) is 4. The zero-order chi connectivity index (χ0) is 11.0. The molecule has 2 amide bonds. The molecular weight excluding hydrogens is 222 g/mol. The van der Waals surface area contributed by atoms with E-state index >= 15 is 0 Å². The van der Waals surface area contributed by atoms with E-state index in [1.54, 1.807) is 6.92 Å². The second-order valence-corrected chi connectivity index (χ2v) is 4.13. The van der Waals surface area contributed by atoms with Crippen molar-refractivity contribution in [3.05, 3.63) is 0 Å². The van der Waals surface area contributed by atoms with Gasteiger partial charge in [0.2, 0.25) is 5.91 Å². The van der Waals surface area contributed by atoms with E-state index in [1.807, 2.05) is 0 Å². The van der Waals surface area contributed by atoms with Crippen LogP contribution in [0.25, 0.3) is 0 Å². The molecule has 1 atom stereocenters. The van der Waals surface area contributed by atoms with Crippen LogP contribution in [-0.2, 0) is 4.79 Å². The van der Waals surface area contributed by atoms with E-state index in [2.05, 4.69) is 23.3 Å². The quantitative estimate of drug-likeness (QED) is 0.292. The minimum absolute atomic E-state index is 0.171. The predicted octanol–water partition coefficient (Wildman–Crippen LogP) is -0.220. The fourth-order valence-electron chi connectivity index (χ4n) is 0.585. The molecular formula is C7H15N3O2S2. The van der Waals surface area contributed by atoms with Crippen molar-refractivity contribution < 1.29 is 9.59 Å². The van der Waals surface area contributed by atoms with Crippen LogP contribution in [0.3, 0.4) is 0 Å². The lowest BCUT2D eigenvalue weighted by molar-refractivity contribution is -0.121. The van der Waals surface area contributed by atoms with Crippen molar-refractivity contribution >= 4 is 35.5 Å². The molecule has 82 valence electrons. The Bertz CT molecular complexity index is 199. The molecule has 0 heterocycles. The molecule has 7 heteroatoms. The van der Waals surface area contributed by atoms with Gasteiger partial charge in [0.05, 0.1) is 11.9 Å². The fraction of sp³-hybridized carbons (Fsp3) is 0.714. The number of rotatable bonds is 6. The van der Waals surface area contributed by atoms with Crippen LogP contribution in [-0.4, -0.2) is 35.4 Å². The summed E-state index contributed by atoms with van der Waals surface area (Å²) >= 11 is 5.04. The van der Waals surface area contributed by atoms with Gasteiger partial charge in [-0.05, 0) is 6.92 Å². The van der Waals surface area contributed by atoms with Gasteiger partial charge in [0.15, 0.2) is 0 Å². The second kappa shape index (κ2) is 7.95. The van der Waals surface area contributed by atoms with Crippen molar-refractivity contribution in [2.24, 2.45) is 5.73 Å². The second-order valence-electron chi connectivity index (χ2n) is 2.61. The Morgan fingerprint density at radius 2 is 2.14 bits per heavy atom. The van der Waals surface area contributed by atoms with E-state index in [-0.39, 0.29) is 11.1 Å². The minimum atomic E-state index is -0.479. The van der Waals surface area contributed by atoms with E-state index < -0.39 is 6.04 Å². The Hall–Kier alpha value is -0.400. The summed E-state index contributed by atoms with van der Waals surface area (Å²) in [6, 6.07) is -0.479. The smallest absolute Gasteiger partial charge is 0.276 e. The van der Waals surface area contributed by atoms with Crippen LogP contribution >= 0.6 is 24.4 Å². The molecule has 0 aromatic rings. The van der Waals surface area contributed by atoms with Gasteiger partial charge in [-0.25, -0.2) is 0 Å². The summed E-state index contributed by atoms with van der Waals surface area (Å²) in [7, 11) is 0. The SMILES string of the molecule is C[C@H](N)C(=O)NCSCCNC(=O)S. The molecule has 14 heavy (non-hydrogen) atoms. The summed E-state index contributed by atoms with van der Waals surface area (Å²) in [6.45, 7) is 2.17. The van der Waals surface area contributed by atoms with Gasteiger partial charge >= 0.3 is 0 Å². The maximum Gasteiger partial charge on any atom is 0.276 e. The number of thioether (sulfide) groups is 1. The normalized spacial score (nSPS) is 11.9. The third-order valence-electron chi connectivity index (χ3n) is 1.28. The molecule has 0 radical (unpaired) electrons. The van der Waals surface area contributed by atoms with Crippen molar-refractivity contribution in [3.63, 3.8) is 0 Å². The maximum absolute atomic E-state index is 11.0. The first kappa shape index (κ1) is 13.6. The molecule has 0 spiro atoms. The monoisotopic (exact) mass is 237 g/mol. The molecule has 0 aliphatic heterocycles. The molecule has 0 aromatic heterocycles. The molecule has 0 aromatic carbocycles. The largest absolute Gasteiger partial charge is 0.346 e. The Labute approximate surface area is 93.0 Å². The van der Waals surface area contributed by atoms with Crippen LogP contribution in [0, 0.1) is 0 Å². The molecule has 4 N–H and O–H groups in total. The average Bonchev–Trinajstić information content (AvgIpc) is 2.09. The molecule has 5 nitrogen and oxygen atoms in total. The van der Waals surface area contributed by atoms with Crippen LogP contribution < -0.4 is 16.4 Å². The van der Waals surface area contributed by atoms with E-state index in [0.29, 0.717) is 12.4 Å². The minimum Gasteiger partial charge on any atom is -0.346 e. The van der Waals surface area contributed by atoms with Crippen molar-refractivity contribution in [3.8, 4) is 0 Å². The Balaban J connectivity index is 3.22. The van der Waals surface area contributed by atoms with Crippen LogP contribution in [0.4, 0.5) is 4.79 Å². The number of carbonyl (C=O) groups is 2. The molecule has 0 bridgehead atoms. The Morgan fingerprint density at radius 1 is 1.50 bits per heavy atom. The lowest BCUT2D eigenvalue weighted by Gasteiger charge is -2.07. The van der Waals surface area contributed by atoms with Crippen LogP contribution in [0.15, 0.2) is 0 Å². The number of carbonyl (C=O) groups excluding carboxylic acids is 2. The molecule has 0 saturated heterocycles. The van der Waals surface area contributed by atoms with Crippen molar-refractivity contribution in [1.29, 1.82) is 0 Å². The lowest BCUT2D eigenvalue weighted by atomic mass is 10.3. The highest BCUT2D eigenvalue weighted by molar-refractivity contribution is 7.99. The zero-order valence-corrected chi connectivity index (χ0v) is 9.66. The number of hydrogen-bond acceptors (Lipinski definition) is 4. The number of thiol groups is 1. The first-order chi connectivity index (χ1) is 6.54. The summed E-state index contributed by atoms with van der Waals surface area (Å²) in [5, 5.41) is 4.82. The van der Waals surface area contributed by atoms with E-state index in [4.69, 9.17) is 5.73 Å². The summed E-state index contributed by atoms with van der Waals surface area (Å²) in [6.07, 6.45) is 0. The molecule has 0 aliphatic carbocycles. The van der Waals surface area contributed by atoms with Gasteiger partial charge in [-0.3, -0.25) is 9.59 Å². The van der Waals surface area contributed by atoms with Crippen molar-refractivity contribution in [1.82, 2.24) is 10.6 Å². The van der Waals surface area contributed by atoms with Gasteiger partial charge < -0.3 is 16.4 Å². The van der Waals surface area contributed by atoms with E-state index in [9.17, 15) is 9.59 Å². The van der Waals surface area contributed by atoms with Gasteiger partial charge in [-0.2, -0.15) is 0 Å². The molecule has 0 fully saturated rings. The Morgan fingerprint density at radius 3 is 2.64 bits per heavy atom. The van der Waals surface area contributed by atoms with Crippen LogP contribution in [0.2, 0.25) is 0 Å². The third-order valence-corrected chi connectivity index (χ3v) is 2.28. The van der Waals surface area contributed by atoms with Gasteiger partial charge in [-0.15, -0.1) is 11.8 Å². The van der Waals surface area contributed by atoms with E-state index in [1.165, 1.54) is 11.8 Å². The summed E-state index contributed by atoms with van der Waals surface area (Å²) in [5.41, 5.74) is 5.33. The maximum atomic E-state index is 11.0. The average molecular weight is 237 g/mol. The zero-order valence-electron chi connectivity index (χ0n) is 7.95. The highest BCUT2D eigenvalue weighted by Crippen LogP contribution is 1.95. The topological polar surface area (TPSA) is 84.2 Å². The molecule has 0 aliphatic rings. The predicted molar refractivity (Wildman–Crippen MR) is 61.5 cm³/mol. The van der Waals surface area contributed by atoms with Crippen LogP contribution in [0.5, 0.6) is 0 Å². The third kappa shape index (κ3) is 8.21. The van der Waals surface area contributed by atoms with Gasteiger partial charge in [-0.1, -0.05) is 12.6 Å². The van der Waals surface area contributed by atoms with Gasteiger partial charge in [0.1, 0.15) is 0 Å². The highest BCUT2D eigenvalue weighted by atomic mass is 32.2. The summed E-state index contributed by atoms with van der Waals surface area (Å²) in [4.78, 5) is 21.3. The van der Waals surface area contributed by atoms with Gasteiger partial charge in [0, 0.05) is 12.3 Å². The fourth-order valence-corrected chi connectivity index (χ4v) is 1.33. The molecule has 0 rings (SSSR count). The first-order valence-corrected chi connectivity index (χ1v) is 5.72. The van der Waals surface area contributed by atoms with Crippen LogP contribution in [0.1, 0.15) is 6.92 Å². The highest BCUT2D eigenvalue weighted by Gasteiger charge is 2.04. The molecule has 0 saturated carbocycles. The lowest BCUT2D eigenvalue weighted by Crippen LogP contribution is -2.38. The number of nitrogens with one attached hydrogen (secondary N) is 2. The van der Waals surface area contributed by atoms with Crippen molar-refractivity contribution in [2.75, 3.05) is 18.2 Å². The standard InChI is InChI=1S/C7H15N3O2S2/c1-5(8)6(11)10-4-14-3-2-9-7(12)13/h5H,2-4,8H2,1H3,(H,10,11)(H2,9,12,13)/t5-/m0/s1. The van der Waals surface area contributed by atoms with E-state index in [0.717, 1.165) is 5.75 Å². The summed E-state index contributed by atoms with van der Waals surface area (Å²) < 4.78 is 0. The number of nitrogens with two attached hydrogens (primary N) is 1. The number of amides is 2. The summed E-state index contributed by atoms with van der Waals surface area (Å²) in [5.74, 6) is 1.06. The Kier molecular flexibility index (Phi) is 7.73. The first-order valence-electron chi connectivity index (χ1n) is 4.12. The van der Waals surface area contributed by atoms with Crippen molar-refractivity contribution in [2.45, 2.75) is 13.0 Å².